The van der Waals surface area contributed by atoms with Crippen LogP contribution in [0.5, 0.6) is 0 Å². The fourth-order valence-corrected chi connectivity index (χ4v) is 0.727. The molecule has 0 aromatic heterocycles. The minimum atomic E-state index is -0.264. The van der Waals surface area contributed by atoms with Crippen LogP contribution in [0.2, 0.25) is 0 Å². The summed E-state index contributed by atoms with van der Waals surface area (Å²) in [6.45, 7) is 5.23. The second kappa shape index (κ2) is 7.24. The van der Waals surface area contributed by atoms with Gasteiger partial charge in [0.25, 0.3) is 5.91 Å². The smallest absolute Gasteiger partial charge is 0.252 e. The van der Waals surface area contributed by atoms with Gasteiger partial charge in [-0.2, -0.15) is 0 Å². The third-order valence-corrected chi connectivity index (χ3v) is 1.24. The van der Waals surface area contributed by atoms with Crippen molar-refractivity contribution in [3.05, 3.63) is 23.9 Å². The van der Waals surface area contributed by atoms with E-state index in [1.54, 1.807) is 19.1 Å². The number of nitrogens with one attached hydrogen (secondary N) is 1. The summed E-state index contributed by atoms with van der Waals surface area (Å²) in [6, 6.07) is 0. The number of carbonyl (C=O) groups excluding carboxylic acids is 1. The average molecular weight is 182 g/mol. The SMILES string of the molecule is C=N/C=C(\C=C/C)C(=O)NCCO. The van der Waals surface area contributed by atoms with Crippen molar-refractivity contribution in [3.8, 4) is 0 Å². The van der Waals surface area contributed by atoms with Crippen molar-refractivity contribution < 1.29 is 9.90 Å². The molecule has 0 bridgehead atoms. The molecule has 0 saturated carbocycles. The average Bonchev–Trinajstić information content (AvgIpc) is 2.14. The highest BCUT2D eigenvalue weighted by atomic mass is 16.3. The summed E-state index contributed by atoms with van der Waals surface area (Å²) in [5.41, 5.74) is 0.422. The number of carbonyl (C=O) groups is 1. The number of aliphatic hydroxyl groups is 1. The molecular weight excluding hydrogens is 168 g/mol. The van der Waals surface area contributed by atoms with Gasteiger partial charge in [0.05, 0.1) is 12.2 Å². The zero-order valence-electron chi connectivity index (χ0n) is 7.66. The maximum atomic E-state index is 11.3. The Kier molecular flexibility index (Phi) is 6.45. The summed E-state index contributed by atoms with van der Waals surface area (Å²) in [4.78, 5) is 14.7. The lowest BCUT2D eigenvalue weighted by Crippen LogP contribution is -2.27. The van der Waals surface area contributed by atoms with E-state index in [4.69, 9.17) is 5.11 Å². The third-order valence-electron chi connectivity index (χ3n) is 1.24. The van der Waals surface area contributed by atoms with Gasteiger partial charge in [-0.25, -0.2) is 0 Å². The number of allylic oxidation sites excluding steroid dienone is 1. The molecule has 0 aliphatic heterocycles. The number of hydrogen-bond donors (Lipinski definition) is 2. The van der Waals surface area contributed by atoms with Gasteiger partial charge in [0.2, 0.25) is 0 Å². The lowest BCUT2D eigenvalue weighted by molar-refractivity contribution is -0.117. The minimum absolute atomic E-state index is 0.0730. The molecule has 0 unspecified atom stereocenters. The molecule has 0 aromatic carbocycles. The van der Waals surface area contributed by atoms with Gasteiger partial charge in [0.15, 0.2) is 0 Å². The van der Waals surface area contributed by atoms with Gasteiger partial charge < -0.3 is 10.4 Å². The van der Waals surface area contributed by atoms with Crippen LogP contribution in [0.25, 0.3) is 0 Å². The molecule has 4 heteroatoms. The molecule has 0 saturated heterocycles. The van der Waals surface area contributed by atoms with Crippen molar-refractivity contribution in [1.82, 2.24) is 5.32 Å². The van der Waals surface area contributed by atoms with E-state index in [9.17, 15) is 4.79 Å². The van der Waals surface area contributed by atoms with Crippen molar-refractivity contribution in [3.63, 3.8) is 0 Å². The topological polar surface area (TPSA) is 61.7 Å². The predicted octanol–water partition coefficient (Wildman–Crippen LogP) is 0.255. The molecule has 13 heavy (non-hydrogen) atoms. The quantitative estimate of drug-likeness (QED) is 0.364. The molecule has 0 aromatic rings. The lowest BCUT2D eigenvalue weighted by Gasteiger charge is -2.01. The van der Waals surface area contributed by atoms with E-state index < -0.39 is 0 Å². The summed E-state index contributed by atoms with van der Waals surface area (Å²) >= 11 is 0. The van der Waals surface area contributed by atoms with Gasteiger partial charge >= 0.3 is 0 Å². The van der Waals surface area contributed by atoms with E-state index in [1.807, 2.05) is 0 Å². The number of amides is 1. The van der Waals surface area contributed by atoms with Crippen LogP contribution in [0.1, 0.15) is 6.92 Å². The van der Waals surface area contributed by atoms with Gasteiger partial charge in [0, 0.05) is 12.7 Å². The molecule has 0 rings (SSSR count). The Morgan fingerprint density at radius 2 is 2.38 bits per heavy atom. The number of nitrogens with zero attached hydrogens (tertiary/aromatic N) is 1. The zero-order valence-corrected chi connectivity index (χ0v) is 7.66. The van der Waals surface area contributed by atoms with Crippen molar-refractivity contribution in [2.75, 3.05) is 13.2 Å². The van der Waals surface area contributed by atoms with E-state index in [2.05, 4.69) is 17.0 Å². The van der Waals surface area contributed by atoms with Crippen molar-refractivity contribution in [2.24, 2.45) is 4.99 Å². The van der Waals surface area contributed by atoms with E-state index >= 15 is 0 Å². The fraction of sp³-hybridized carbons (Fsp3) is 0.333. The largest absolute Gasteiger partial charge is 0.395 e. The highest BCUT2D eigenvalue weighted by molar-refractivity contribution is 5.96. The number of rotatable bonds is 5. The summed E-state index contributed by atoms with van der Waals surface area (Å²) in [5.74, 6) is -0.264. The first-order valence-electron chi connectivity index (χ1n) is 3.94. The minimum Gasteiger partial charge on any atom is -0.395 e. The highest BCUT2D eigenvalue weighted by Crippen LogP contribution is 1.97. The summed E-state index contributed by atoms with van der Waals surface area (Å²) in [7, 11) is 0. The van der Waals surface area contributed by atoms with Gasteiger partial charge in [-0.15, -0.1) is 0 Å². The second-order valence-electron chi connectivity index (χ2n) is 2.25. The maximum absolute atomic E-state index is 11.3. The normalized spacial score (nSPS) is 11.7. The third kappa shape index (κ3) is 4.92. The van der Waals surface area contributed by atoms with Crippen molar-refractivity contribution in [2.45, 2.75) is 6.92 Å². The molecule has 0 atom stereocenters. The Balaban J connectivity index is 4.29. The standard InChI is InChI=1S/C9H14N2O2/c1-3-4-8(7-10-2)9(13)11-5-6-12/h3-4,7,12H,2,5-6H2,1H3,(H,11,13)/b4-3-,8-7+. The van der Waals surface area contributed by atoms with Gasteiger partial charge in [0.1, 0.15) is 0 Å². The Hall–Kier alpha value is -1.42. The molecule has 0 aliphatic rings. The van der Waals surface area contributed by atoms with E-state index in [0.717, 1.165) is 0 Å². The molecule has 0 heterocycles. The van der Waals surface area contributed by atoms with Crippen LogP contribution in [0.4, 0.5) is 0 Å². The van der Waals surface area contributed by atoms with Crippen LogP contribution < -0.4 is 5.32 Å². The first kappa shape index (κ1) is 11.6. The lowest BCUT2D eigenvalue weighted by atomic mass is 10.2. The fourth-order valence-electron chi connectivity index (χ4n) is 0.727. The molecule has 0 aliphatic carbocycles. The van der Waals surface area contributed by atoms with Crippen molar-refractivity contribution in [1.29, 1.82) is 0 Å². The number of aliphatic hydroxyl groups excluding tert-OH is 1. The molecule has 0 fully saturated rings. The molecular formula is C9H14N2O2. The van der Waals surface area contributed by atoms with Gasteiger partial charge in [-0.05, 0) is 13.6 Å². The molecule has 4 nitrogen and oxygen atoms in total. The molecule has 0 radical (unpaired) electrons. The summed E-state index contributed by atoms with van der Waals surface area (Å²) in [5, 5.41) is 11.0. The van der Waals surface area contributed by atoms with E-state index in [1.165, 1.54) is 6.20 Å². The molecule has 2 N–H and O–H groups in total. The first-order valence-corrected chi connectivity index (χ1v) is 3.94. The highest BCUT2D eigenvalue weighted by Gasteiger charge is 2.03. The Bertz CT molecular complexity index is 232. The monoisotopic (exact) mass is 182 g/mol. The van der Waals surface area contributed by atoms with Crippen LogP contribution in [-0.4, -0.2) is 30.9 Å². The number of hydrogen-bond acceptors (Lipinski definition) is 3. The summed E-state index contributed by atoms with van der Waals surface area (Å²) in [6.07, 6.45) is 4.73. The Morgan fingerprint density at radius 3 is 2.85 bits per heavy atom. The predicted molar refractivity (Wildman–Crippen MR) is 52.5 cm³/mol. The second-order valence-corrected chi connectivity index (χ2v) is 2.25. The van der Waals surface area contributed by atoms with Gasteiger partial charge in [-0.3, -0.25) is 9.79 Å². The van der Waals surface area contributed by atoms with E-state index in [-0.39, 0.29) is 19.1 Å². The van der Waals surface area contributed by atoms with Crippen LogP contribution in [0.15, 0.2) is 28.9 Å². The van der Waals surface area contributed by atoms with Crippen LogP contribution in [0.3, 0.4) is 0 Å². The Labute approximate surface area is 77.7 Å². The molecule has 72 valence electrons. The summed E-state index contributed by atoms with van der Waals surface area (Å²) < 4.78 is 0. The zero-order chi connectivity index (χ0) is 10.1. The van der Waals surface area contributed by atoms with Gasteiger partial charge in [-0.1, -0.05) is 12.2 Å². The number of aliphatic imine (C=N–C) groups is 1. The van der Waals surface area contributed by atoms with E-state index in [0.29, 0.717) is 5.57 Å². The van der Waals surface area contributed by atoms with Crippen LogP contribution in [0, 0.1) is 0 Å². The maximum Gasteiger partial charge on any atom is 0.252 e. The first-order chi connectivity index (χ1) is 6.26. The molecule has 0 spiro atoms. The Morgan fingerprint density at radius 1 is 1.69 bits per heavy atom. The van der Waals surface area contributed by atoms with Crippen LogP contribution in [-0.2, 0) is 4.79 Å². The van der Waals surface area contributed by atoms with Crippen molar-refractivity contribution >= 4 is 12.6 Å². The van der Waals surface area contributed by atoms with Crippen LogP contribution >= 0.6 is 0 Å². The molecule has 1 amide bonds.